The summed E-state index contributed by atoms with van der Waals surface area (Å²) in [7, 11) is -7.10. The van der Waals surface area contributed by atoms with Crippen molar-refractivity contribution in [3.8, 4) is 0 Å². The van der Waals surface area contributed by atoms with Gasteiger partial charge in [-0.3, -0.25) is 0 Å². The first-order valence-electron chi connectivity index (χ1n) is 4.72. The largest absolute Gasteiger partial charge is 0.368 e. The van der Waals surface area contributed by atoms with Crippen LogP contribution in [0.3, 0.4) is 0 Å². The highest BCUT2D eigenvalue weighted by atomic mass is 32.2. The van der Waals surface area contributed by atoms with E-state index in [4.69, 9.17) is 5.73 Å². The molecular formula is C7H13N5O4S2. The van der Waals surface area contributed by atoms with Gasteiger partial charge < -0.3 is 5.73 Å². The number of sulfonamides is 2. The van der Waals surface area contributed by atoms with Crippen LogP contribution >= 0.6 is 0 Å². The lowest BCUT2D eigenvalue weighted by molar-refractivity contribution is 0.572. The molecule has 0 saturated carbocycles. The standard InChI is InChI=1S/C7H13N5O4S2/c1-17(13,14)11-2-3-12-18(15,16)6-4-9-7(8)10-5-6/h4-5,11-12H,2-3H2,1H3,(H2,8,9,10). The third kappa shape index (κ3) is 4.91. The molecule has 1 aromatic heterocycles. The van der Waals surface area contributed by atoms with Crippen LogP contribution in [0, 0.1) is 0 Å². The van der Waals surface area contributed by atoms with Crippen LogP contribution in [0.4, 0.5) is 5.95 Å². The van der Waals surface area contributed by atoms with Crippen molar-refractivity contribution in [2.45, 2.75) is 4.90 Å². The average Bonchev–Trinajstić information content (AvgIpc) is 2.24. The van der Waals surface area contributed by atoms with Crippen molar-refractivity contribution in [2.75, 3.05) is 25.1 Å². The molecule has 0 unspecified atom stereocenters. The first kappa shape index (κ1) is 14.8. The number of nitrogens with two attached hydrogens (primary N) is 1. The average molecular weight is 295 g/mol. The molecule has 0 fully saturated rings. The maximum absolute atomic E-state index is 11.7. The van der Waals surface area contributed by atoms with Gasteiger partial charge in [-0.25, -0.2) is 36.2 Å². The van der Waals surface area contributed by atoms with E-state index in [0.29, 0.717) is 0 Å². The number of anilines is 1. The second kappa shape index (κ2) is 5.56. The molecule has 0 spiro atoms. The van der Waals surface area contributed by atoms with E-state index in [1.165, 1.54) is 0 Å². The van der Waals surface area contributed by atoms with Gasteiger partial charge in [0.25, 0.3) is 0 Å². The van der Waals surface area contributed by atoms with Crippen molar-refractivity contribution in [1.29, 1.82) is 0 Å². The second-order valence-corrected chi connectivity index (χ2v) is 6.94. The molecule has 0 radical (unpaired) electrons. The topological polar surface area (TPSA) is 144 Å². The zero-order valence-corrected chi connectivity index (χ0v) is 11.1. The van der Waals surface area contributed by atoms with E-state index in [-0.39, 0.29) is 23.9 Å². The monoisotopic (exact) mass is 295 g/mol. The maximum Gasteiger partial charge on any atom is 0.243 e. The third-order valence-corrected chi connectivity index (χ3v) is 3.88. The molecule has 0 saturated heterocycles. The molecule has 1 heterocycles. The summed E-state index contributed by atoms with van der Waals surface area (Å²) in [6.07, 6.45) is 3.11. The molecular weight excluding hydrogens is 282 g/mol. The summed E-state index contributed by atoms with van der Waals surface area (Å²) in [5, 5.41) is 0. The van der Waals surface area contributed by atoms with Crippen LogP contribution in [-0.4, -0.2) is 46.1 Å². The van der Waals surface area contributed by atoms with Gasteiger partial charge in [-0.15, -0.1) is 0 Å². The summed E-state index contributed by atoms with van der Waals surface area (Å²) >= 11 is 0. The Morgan fingerprint density at radius 3 is 2.11 bits per heavy atom. The summed E-state index contributed by atoms with van der Waals surface area (Å²) in [5.41, 5.74) is 5.23. The van der Waals surface area contributed by atoms with E-state index in [1.807, 2.05) is 0 Å². The van der Waals surface area contributed by atoms with Crippen LogP contribution in [0.15, 0.2) is 17.3 Å². The van der Waals surface area contributed by atoms with Gasteiger partial charge in [-0.2, -0.15) is 0 Å². The number of hydrogen-bond donors (Lipinski definition) is 3. The summed E-state index contributed by atoms with van der Waals surface area (Å²) in [5.74, 6) is -0.0345. The lowest BCUT2D eigenvalue weighted by atomic mass is 10.7. The molecule has 0 aliphatic heterocycles. The number of rotatable bonds is 6. The Bertz CT molecular complexity index is 595. The minimum Gasteiger partial charge on any atom is -0.368 e. The van der Waals surface area contributed by atoms with Gasteiger partial charge >= 0.3 is 0 Å². The van der Waals surface area contributed by atoms with Gasteiger partial charge in [0.1, 0.15) is 4.90 Å². The fourth-order valence-corrected chi connectivity index (χ4v) is 2.36. The molecule has 1 rings (SSSR count). The van der Waals surface area contributed by atoms with E-state index in [1.54, 1.807) is 0 Å². The number of nitrogen functional groups attached to an aromatic ring is 1. The highest BCUT2D eigenvalue weighted by molar-refractivity contribution is 7.89. The Hall–Kier alpha value is -1.30. The van der Waals surface area contributed by atoms with Gasteiger partial charge in [-0.05, 0) is 0 Å². The predicted octanol–water partition coefficient (Wildman–Crippen LogP) is -2.11. The van der Waals surface area contributed by atoms with Crippen molar-refractivity contribution >= 4 is 26.0 Å². The predicted molar refractivity (Wildman–Crippen MR) is 64.5 cm³/mol. The second-order valence-electron chi connectivity index (χ2n) is 3.34. The van der Waals surface area contributed by atoms with E-state index in [9.17, 15) is 16.8 Å². The molecule has 4 N–H and O–H groups in total. The highest BCUT2D eigenvalue weighted by Crippen LogP contribution is 2.04. The Balaban J connectivity index is 2.58. The van der Waals surface area contributed by atoms with E-state index >= 15 is 0 Å². The van der Waals surface area contributed by atoms with Gasteiger partial charge in [0.2, 0.25) is 26.0 Å². The molecule has 0 bridgehead atoms. The van der Waals surface area contributed by atoms with Crippen molar-refractivity contribution in [3.05, 3.63) is 12.4 Å². The lowest BCUT2D eigenvalue weighted by Gasteiger charge is -2.06. The van der Waals surface area contributed by atoms with Gasteiger partial charge in [0.15, 0.2) is 0 Å². The van der Waals surface area contributed by atoms with Crippen LogP contribution in [0.2, 0.25) is 0 Å². The molecule has 0 atom stereocenters. The Labute approximate surface area is 105 Å². The van der Waals surface area contributed by atoms with Crippen molar-refractivity contribution in [1.82, 2.24) is 19.4 Å². The molecule has 18 heavy (non-hydrogen) atoms. The Morgan fingerprint density at radius 2 is 1.61 bits per heavy atom. The normalized spacial score (nSPS) is 12.5. The third-order valence-electron chi connectivity index (χ3n) is 1.74. The number of aromatic nitrogens is 2. The van der Waals surface area contributed by atoms with Gasteiger partial charge in [0.05, 0.1) is 18.6 Å². The highest BCUT2D eigenvalue weighted by Gasteiger charge is 2.14. The minimum atomic E-state index is -3.76. The molecule has 0 amide bonds. The summed E-state index contributed by atoms with van der Waals surface area (Å²) < 4.78 is 49.1. The summed E-state index contributed by atoms with van der Waals surface area (Å²) in [6, 6.07) is 0. The molecule has 1 aromatic rings. The lowest BCUT2D eigenvalue weighted by Crippen LogP contribution is -2.34. The van der Waals surface area contributed by atoms with E-state index < -0.39 is 20.0 Å². The fourth-order valence-electron chi connectivity index (χ4n) is 0.970. The van der Waals surface area contributed by atoms with E-state index in [2.05, 4.69) is 19.4 Å². The zero-order valence-electron chi connectivity index (χ0n) is 9.49. The zero-order chi connectivity index (χ0) is 13.8. The first-order chi connectivity index (χ1) is 8.21. The summed E-state index contributed by atoms with van der Waals surface area (Å²) in [4.78, 5) is 6.96. The van der Waals surface area contributed by atoms with Crippen LogP contribution in [0.1, 0.15) is 0 Å². The minimum absolute atomic E-state index is 0.0345. The first-order valence-corrected chi connectivity index (χ1v) is 8.10. The fraction of sp³-hybridized carbons (Fsp3) is 0.429. The van der Waals surface area contributed by atoms with Crippen LogP contribution in [0.25, 0.3) is 0 Å². The molecule has 9 nitrogen and oxygen atoms in total. The van der Waals surface area contributed by atoms with Crippen molar-refractivity contribution < 1.29 is 16.8 Å². The smallest absolute Gasteiger partial charge is 0.243 e. The van der Waals surface area contributed by atoms with Crippen molar-refractivity contribution in [3.63, 3.8) is 0 Å². The molecule has 0 aromatic carbocycles. The summed E-state index contributed by atoms with van der Waals surface area (Å²) in [6.45, 7) is -0.131. The quantitative estimate of drug-likeness (QED) is 0.509. The van der Waals surface area contributed by atoms with Crippen LogP contribution < -0.4 is 15.2 Å². The SMILES string of the molecule is CS(=O)(=O)NCCNS(=O)(=O)c1cnc(N)nc1. The Kier molecular flexibility index (Phi) is 4.56. The van der Waals surface area contributed by atoms with Gasteiger partial charge in [-0.1, -0.05) is 0 Å². The van der Waals surface area contributed by atoms with Crippen molar-refractivity contribution in [2.24, 2.45) is 0 Å². The number of nitrogens with zero attached hydrogens (tertiary/aromatic N) is 2. The Morgan fingerprint density at radius 1 is 1.11 bits per heavy atom. The molecule has 0 aliphatic rings. The molecule has 102 valence electrons. The number of hydrogen-bond acceptors (Lipinski definition) is 7. The van der Waals surface area contributed by atoms with Crippen LogP contribution in [-0.2, 0) is 20.0 Å². The number of nitrogens with one attached hydrogen (secondary N) is 2. The maximum atomic E-state index is 11.7. The molecule has 11 heteroatoms. The van der Waals surface area contributed by atoms with Gasteiger partial charge in [0, 0.05) is 13.1 Å². The molecule has 0 aliphatic carbocycles. The van der Waals surface area contributed by atoms with Crippen LogP contribution in [0.5, 0.6) is 0 Å². The van der Waals surface area contributed by atoms with E-state index in [0.717, 1.165) is 18.6 Å².